The second-order valence-corrected chi connectivity index (χ2v) is 8.87. The van der Waals surface area contributed by atoms with Gasteiger partial charge in [-0.2, -0.15) is 0 Å². The molecule has 0 amide bonds. The summed E-state index contributed by atoms with van der Waals surface area (Å²) in [5, 5.41) is 9.82. The Hall–Kier alpha value is -2.34. The van der Waals surface area contributed by atoms with Crippen molar-refractivity contribution in [1.29, 1.82) is 0 Å². The molecule has 2 aromatic carbocycles. The Kier molecular flexibility index (Phi) is 6.19. The molecule has 150 valence electrons. The Morgan fingerprint density at radius 1 is 1.07 bits per heavy atom. The third-order valence-electron chi connectivity index (χ3n) is 5.18. The van der Waals surface area contributed by atoms with Crippen LogP contribution < -0.4 is 4.74 Å². The highest BCUT2D eigenvalue weighted by Gasteiger charge is 2.35. The van der Waals surface area contributed by atoms with Gasteiger partial charge in [0.1, 0.15) is 17.5 Å². The average Bonchev–Trinajstić information content (AvgIpc) is 3.15. The van der Waals surface area contributed by atoms with Crippen LogP contribution >= 0.6 is 22.9 Å². The lowest BCUT2D eigenvalue weighted by atomic mass is 9.95. The van der Waals surface area contributed by atoms with E-state index in [2.05, 4.69) is 4.90 Å². The molecule has 3 aromatic rings. The molecule has 4 nitrogen and oxygen atoms in total. The maximum atomic E-state index is 12.0. The van der Waals surface area contributed by atoms with Crippen LogP contribution in [0, 0.1) is 0 Å². The van der Waals surface area contributed by atoms with Gasteiger partial charge in [0, 0.05) is 4.88 Å². The topological polar surface area (TPSA) is 49.8 Å². The van der Waals surface area contributed by atoms with Gasteiger partial charge in [-0.25, -0.2) is 0 Å². The van der Waals surface area contributed by atoms with Crippen LogP contribution in [0.2, 0.25) is 4.34 Å². The molecule has 0 saturated carbocycles. The van der Waals surface area contributed by atoms with Crippen molar-refractivity contribution in [3.05, 3.63) is 81.5 Å². The maximum Gasteiger partial charge on any atom is 0.320 e. The van der Waals surface area contributed by atoms with Gasteiger partial charge in [-0.15, -0.1) is 11.3 Å². The normalized spacial score (nSPS) is 18.3. The summed E-state index contributed by atoms with van der Waals surface area (Å²) in [6.45, 7) is 0.737. The molecule has 1 aromatic heterocycles. The van der Waals surface area contributed by atoms with E-state index in [1.54, 1.807) is 0 Å². The number of hydrogen-bond acceptors (Lipinski definition) is 4. The van der Waals surface area contributed by atoms with Crippen LogP contribution in [0.15, 0.2) is 66.7 Å². The Morgan fingerprint density at radius 3 is 2.59 bits per heavy atom. The van der Waals surface area contributed by atoms with Crippen molar-refractivity contribution in [1.82, 2.24) is 4.90 Å². The lowest BCUT2D eigenvalue weighted by Gasteiger charge is -2.39. The summed E-state index contributed by atoms with van der Waals surface area (Å²) in [4.78, 5) is 15.1. The number of piperidine rings is 1. The summed E-state index contributed by atoms with van der Waals surface area (Å²) < 4.78 is 6.71. The summed E-state index contributed by atoms with van der Waals surface area (Å²) in [7, 11) is 0. The number of halogens is 1. The minimum Gasteiger partial charge on any atom is -0.480 e. The Labute approximate surface area is 179 Å². The van der Waals surface area contributed by atoms with Crippen molar-refractivity contribution in [3.8, 4) is 11.5 Å². The third kappa shape index (κ3) is 4.64. The van der Waals surface area contributed by atoms with Crippen molar-refractivity contribution in [2.45, 2.75) is 31.3 Å². The predicted octanol–water partition coefficient (Wildman–Crippen LogP) is 6.22. The highest BCUT2D eigenvalue weighted by molar-refractivity contribution is 7.16. The highest BCUT2D eigenvalue weighted by Crippen LogP contribution is 2.39. The zero-order valence-corrected chi connectivity index (χ0v) is 17.4. The number of carbonyl (C=O) groups is 1. The van der Waals surface area contributed by atoms with Crippen molar-refractivity contribution < 1.29 is 14.6 Å². The number of aliphatic carboxylic acids is 1. The van der Waals surface area contributed by atoms with Crippen LogP contribution in [0.25, 0.3) is 0 Å². The molecule has 2 heterocycles. The summed E-state index contributed by atoms with van der Waals surface area (Å²) in [5.41, 5.74) is 1.00. The van der Waals surface area contributed by atoms with Crippen LogP contribution in [0.1, 0.15) is 35.7 Å². The van der Waals surface area contributed by atoms with Crippen LogP contribution in [-0.4, -0.2) is 28.6 Å². The number of para-hydroxylation sites is 1. The van der Waals surface area contributed by atoms with E-state index in [9.17, 15) is 9.90 Å². The fourth-order valence-electron chi connectivity index (χ4n) is 3.90. The van der Waals surface area contributed by atoms with Crippen molar-refractivity contribution >= 4 is 28.9 Å². The molecular weight excluding hydrogens is 406 g/mol. The van der Waals surface area contributed by atoms with E-state index in [1.165, 1.54) is 11.3 Å². The zero-order valence-electron chi connectivity index (χ0n) is 15.8. The summed E-state index contributed by atoms with van der Waals surface area (Å²) >= 11 is 7.73. The van der Waals surface area contributed by atoms with E-state index in [0.29, 0.717) is 10.8 Å². The number of ether oxygens (including phenoxy) is 1. The molecule has 29 heavy (non-hydrogen) atoms. The second kappa shape index (κ2) is 8.99. The third-order valence-corrected chi connectivity index (χ3v) is 6.46. The van der Waals surface area contributed by atoms with Crippen molar-refractivity contribution in [2.24, 2.45) is 0 Å². The van der Waals surface area contributed by atoms with Gasteiger partial charge in [-0.05, 0) is 61.3 Å². The molecule has 1 fully saturated rings. The van der Waals surface area contributed by atoms with Gasteiger partial charge < -0.3 is 9.84 Å². The van der Waals surface area contributed by atoms with Gasteiger partial charge in [-0.1, -0.05) is 48.4 Å². The number of thiophene rings is 1. The number of carboxylic acids is 1. The molecule has 0 spiro atoms. The van der Waals surface area contributed by atoms with Crippen LogP contribution in [-0.2, 0) is 4.79 Å². The SMILES string of the molecule is O=C(O)C1CCCCN1C(c1cccc(Oc2ccccc2)c1)c1ccc(Cl)s1. The molecule has 1 aliphatic heterocycles. The standard InChI is InChI=1S/C23H22ClNO3S/c24-21-13-12-20(29-21)22(25-14-5-4-11-19(25)23(26)27)16-7-6-10-18(15-16)28-17-8-2-1-3-9-17/h1-3,6-10,12-13,15,19,22H,4-5,11,14H2,(H,26,27). The number of rotatable bonds is 6. The molecule has 0 bridgehead atoms. The molecule has 0 radical (unpaired) electrons. The first-order valence-electron chi connectivity index (χ1n) is 9.68. The Bertz CT molecular complexity index is 975. The lowest BCUT2D eigenvalue weighted by molar-refractivity contribution is -0.145. The van der Waals surface area contributed by atoms with E-state index in [4.69, 9.17) is 16.3 Å². The Morgan fingerprint density at radius 2 is 1.86 bits per heavy atom. The molecule has 2 unspecified atom stereocenters. The molecule has 4 rings (SSSR count). The van der Waals surface area contributed by atoms with Crippen LogP contribution in [0.5, 0.6) is 11.5 Å². The van der Waals surface area contributed by atoms with Crippen LogP contribution in [0.3, 0.4) is 0 Å². The molecule has 1 saturated heterocycles. The molecule has 1 aliphatic rings. The number of benzene rings is 2. The second-order valence-electron chi connectivity index (χ2n) is 7.12. The van der Waals surface area contributed by atoms with E-state index in [0.717, 1.165) is 41.3 Å². The van der Waals surface area contributed by atoms with Gasteiger partial charge in [0.15, 0.2) is 0 Å². The number of likely N-dealkylation sites (tertiary alicyclic amines) is 1. The monoisotopic (exact) mass is 427 g/mol. The molecular formula is C23H22ClNO3S. The zero-order chi connectivity index (χ0) is 20.2. The van der Waals surface area contributed by atoms with Crippen LogP contribution in [0.4, 0.5) is 0 Å². The summed E-state index contributed by atoms with van der Waals surface area (Å²) in [5.74, 6) is 0.723. The van der Waals surface area contributed by atoms with Gasteiger partial charge in [0.25, 0.3) is 0 Å². The first-order chi connectivity index (χ1) is 14.1. The van der Waals surface area contributed by atoms with E-state index in [1.807, 2.05) is 66.7 Å². The van der Waals surface area contributed by atoms with E-state index >= 15 is 0 Å². The lowest BCUT2D eigenvalue weighted by Crippen LogP contribution is -2.46. The molecule has 2 atom stereocenters. The minimum absolute atomic E-state index is 0.173. The number of hydrogen-bond donors (Lipinski definition) is 1. The maximum absolute atomic E-state index is 12.0. The average molecular weight is 428 g/mol. The highest BCUT2D eigenvalue weighted by atomic mass is 35.5. The summed E-state index contributed by atoms with van der Waals surface area (Å²) in [6, 6.07) is 20.7. The fourth-order valence-corrected chi connectivity index (χ4v) is 5.11. The first-order valence-corrected chi connectivity index (χ1v) is 10.9. The fraction of sp³-hybridized carbons (Fsp3) is 0.261. The number of carboxylic acid groups (broad SMARTS) is 1. The van der Waals surface area contributed by atoms with E-state index < -0.39 is 12.0 Å². The van der Waals surface area contributed by atoms with Gasteiger partial charge in [0.05, 0.1) is 10.4 Å². The van der Waals surface area contributed by atoms with Crippen molar-refractivity contribution in [3.63, 3.8) is 0 Å². The predicted molar refractivity (Wildman–Crippen MR) is 116 cm³/mol. The molecule has 6 heteroatoms. The van der Waals surface area contributed by atoms with Gasteiger partial charge in [0.2, 0.25) is 0 Å². The smallest absolute Gasteiger partial charge is 0.320 e. The van der Waals surface area contributed by atoms with E-state index in [-0.39, 0.29) is 6.04 Å². The largest absolute Gasteiger partial charge is 0.480 e. The quantitative estimate of drug-likeness (QED) is 0.507. The van der Waals surface area contributed by atoms with Crippen molar-refractivity contribution in [2.75, 3.05) is 6.54 Å². The first kappa shape index (κ1) is 20.0. The van der Waals surface area contributed by atoms with Gasteiger partial charge >= 0.3 is 5.97 Å². The summed E-state index contributed by atoms with van der Waals surface area (Å²) in [6.07, 6.45) is 2.58. The minimum atomic E-state index is -0.769. The van der Waals surface area contributed by atoms with Gasteiger partial charge in [-0.3, -0.25) is 9.69 Å². The Balaban J connectivity index is 1.71. The molecule has 1 N–H and O–H groups in total. The molecule has 0 aliphatic carbocycles. The number of nitrogens with zero attached hydrogens (tertiary/aromatic N) is 1.